The Bertz CT molecular complexity index is 1430. The van der Waals surface area contributed by atoms with Crippen LogP contribution in [0.5, 0.6) is 5.75 Å². The van der Waals surface area contributed by atoms with E-state index in [-0.39, 0.29) is 11.5 Å². The fourth-order valence-electron chi connectivity index (χ4n) is 4.17. The summed E-state index contributed by atoms with van der Waals surface area (Å²) in [5, 5.41) is 0.959. The van der Waals surface area contributed by atoms with E-state index >= 15 is 0 Å². The van der Waals surface area contributed by atoms with Crippen molar-refractivity contribution in [1.82, 2.24) is 14.5 Å². The zero-order valence-corrected chi connectivity index (χ0v) is 21.0. The highest BCUT2D eigenvalue weighted by Crippen LogP contribution is 2.26. The highest BCUT2D eigenvalue weighted by molar-refractivity contribution is 6.31. The Balaban J connectivity index is 1.91. The van der Waals surface area contributed by atoms with Crippen molar-refractivity contribution in [3.05, 3.63) is 99.1 Å². The topological polar surface area (TPSA) is 64.4 Å². The van der Waals surface area contributed by atoms with Crippen molar-refractivity contribution < 1.29 is 9.53 Å². The molecule has 0 bridgehead atoms. The van der Waals surface area contributed by atoms with Crippen molar-refractivity contribution in [2.75, 3.05) is 13.7 Å². The van der Waals surface area contributed by atoms with Crippen LogP contribution in [0, 0.1) is 6.92 Å². The molecule has 6 nitrogen and oxygen atoms in total. The SMILES string of the molecule is CCCN(C(=O)c1cccc(OC)c1)C(C)c1nc2cc(Cl)ccc2c(=O)n1-c1ccc(C)cc1. The molecule has 0 saturated heterocycles. The molecule has 1 unspecified atom stereocenters. The number of hydrogen-bond acceptors (Lipinski definition) is 4. The molecule has 0 aliphatic carbocycles. The van der Waals surface area contributed by atoms with E-state index in [1.165, 1.54) is 0 Å². The van der Waals surface area contributed by atoms with Crippen LogP contribution in [0.4, 0.5) is 0 Å². The van der Waals surface area contributed by atoms with E-state index in [2.05, 4.69) is 0 Å². The number of aryl methyl sites for hydroxylation is 1. The minimum absolute atomic E-state index is 0.158. The molecule has 0 aliphatic rings. The second-order valence-corrected chi connectivity index (χ2v) is 8.95. The van der Waals surface area contributed by atoms with E-state index in [1.807, 2.05) is 45.0 Å². The average Bonchev–Trinajstić information content (AvgIpc) is 2.87. The Morgan fingerprint density at radius 2 is 1.86 bits per heavy atom. The summed E-state index contributed by atoms with van der Waals surface area (Å²) < 4.78 is 6.91. The van der Waals surface area contributed by atoms with Gasteiger partial charge in [0.1, 0.15) is 11.6 Å². The second-order valence-electron chi connectivity index (χ2n) is 8.51. The third-order valence-corrected chi connectivity index (χ3v) is 6.27. The number of hydrogen-bond donors (Lipinski definition) is 0. The van der Waals surface area contributed by atoms with Crippen LogP contribution in [0.15, 0.2) is 71.5 Å². The van der Waals surface area contributed by atoms with Crippen LogP contribution in [0.2, 0.25) is 5.02 Å². The van der Waals surface area contributed by atoms with Gasteiger partial charge in [-0.15, -0.1) is 0 Å². The lowest BCUT2D eigenvalue weighted by Crippen LogP contribution is -2.38. The molecule has 0 aliphatic heterocycles. The Labute approximate surface area is 209 Å². The van der Waals surface area contributed by atoms with Gasteiger partial charge in [-0.25, -0.2) is 4.98 Å². The molecule has 35 heavy (non-hydrogen) atoms. The van der Waals surface area contributed by atoms with Gasteiger partial charge in [-0.2, -0.15) is 0 Å². The summed E-state index contributed by atoms with van der Waals surface area (Å²) in [5.74, 6) is 0.919. The predicted molar refractivity (Wildman–Crippen MR) is 140 cm³/mol. The summed E-state index contributed by atoms with van der Waals surface area (Å²) in [5.41, 5.74) is 2.58. The average molecular weight is 490 g/mol. The molecule has 0 N–H and O–H groups in total. The molecule has 4 aromatic rings. The Morgan fingerprint density at radius 3 is 2.54 bits per heavy atom. The van der Waals surface area contributed by atoms with Crippen LogP contribution in [-0.2, 0) is 0 Å². The Kier molecular flexibility index (Phi) is 7.22. The van der Waals surface area contributed by atoms with Gasteiger partial charge in [0.05, 0.1) is 29.7 Å². The Morgan fingerprint density at radius 1 is 1.11 bits per heavy atom. The predicted octanol–water partition coefficient (Wildman–Crippen LogP) is 5.97. The monoisotopic (exact) mass is 489 g/mol. The molecule has 1 aromatic heterocycles. The molecule has 3 aromatic carbocycles. The number of aromatic nitrogens is 2. The number of carbonyl (C=O) groups is 1. The zero-order chi connectivity index (χ0) is 25.1. The van der Waals surface area contributed by atoms with Crippen molar-refractivity contribution in [1.29, 1.82) is 0 Å². The molecule has 180 valence electrons. The number of fused-ring (bicyclic) bond motifs is 1. The van der Waals surface area contributed by atoms with Crippen LogP contribution in [0.1, 0.15) is 48.1 Å². The van der Waals surface area contributed by atoms with E-state index in [9.17, 15) is 9.59 Å². The fourth-order valence-corrected chi connectivity index (χ4v) is 4.34. The summed E-state index contributed by atoms with van der Waals surface area (Å²) in [6.45, 7) is 6.40. The Hall–Kier alpha value is -3.64. The third kappa shape index (κ3) is 4.93. The number of halogens is 1. The third-order valence-electron chi connectivity index (χ3n) is 6.03. The maximum Gasteiger partial charge on any atom is 0.266 e. The lowest BCUT2D eigenvalue weighted by atomic mass is 10.1. The van der Waals surface area contributed by atoms with E-state index in [1.54, 1.807) is 59.0 Å². The van der Waals surface area contributed by atoms with Crippen molar-refractivity contribution in [2.45, 2.75) is 33.2 Å². The molecule has 4 rings (SSSR count). The zero-order valence-electron chi connectivity index (χ0n) is 20.3. The molecule has 0 saturated carbocycles. The molecule has 1 amide bonds. The van der Waals surface area contributed by atoms with Gasteiger partial charge in [0, 0.05) is 17.1 Å². The van der Waals surface area contributed by atoms with Crippen molar-refractivity contribution in [3.8, 4) is 11.4 Å². The summed E-state index contributed by atoms with van der Waals surface area (Å²) in [6.07, 6.45) is 0.744. The molecular weight excluding hydrogens is 462 g/mol. The maximum absolute atomic E-state index is 13.7. The summed E-state index contributed by atoms with van der Waals surface area (Å²) >= 11 is 6.22. The fraction of sp³-hybridized carbons (Fsp3) is 0.250. The second kappa shape index (κ2) is 10.3. The van der Waals surface area contributed by atoms with E-state index in [0.29, 0.717) is 45.3 Å². The van der Waals surface area contributed by atoms with Gasteiger partial charge < -0.3 is 9.64 Å². The number of nitrogens with zero attached hydrogens (tertiary/aromatic N) is 3. The van der Waals surface area contributed by atoms with Gasteiger partial charge in [0.2, 0.25) is 0 Å². The smallest absolute Gasteiger partial charge is 0.266 e. The summed E-state index contributed by atoms with van der Waals surface area (Å²) in [6, 6.07) is 19.3. The van der Waals surface area contributed by atoms with E-state index in [0.717, 1.165) is 12.0 Å². The normalized spacial score (nSPS) is 11.9. The van der Waals surface area contributed by atoms with Crippen molar-refractivity contribution >= 4 is 28.4 Å². The van der Waals surface area contributed by atoms with Gasteiger partial charge in [-0.3, -0.25) is 14.2 Å². The highest BCUT2D eigenvalue weighted by Gasteiger charge is 2.27. The lowest BCUT2D eigenvalue weighted by Gasteiger charge is -2.30. The molecular formula is C28H28ClN3O3. The lowest BCUT2D eigenvalue weighted by molar-refractivity contribution is 0.0681. The van der Waals surface area contributed by atoms with E-state index < -0.39 is 6.04 Å². The largest absolute Gasteiger partial charge is 0.497 e. The van der Waals surface area contributed by atoms with Crippen LogP contribution in [0.25, 0.3) is 16.6 Å². The first kappa shape index (κ1) is 24.5. The number of amides is 1. The number of rotatable bonds is 7. The standard InChI is InChI=1S/C28H28ClN3O3/c1-5-15-31(27(33)20-7-6-8-23(16-20)35-4)19(3)26-30-25-17-21(29)11-14-24(25)28(34)32(26)22-12-9-18(2)10-13-22/h6-14,16-17,19H,5,15H2,1-4H3. The molecule has 7 heteroatoms. The van der Waals surface area contributed by atoms with E-state index in [4.69, 9.17) is 21.3 Å². The van der Waals surface area contributed by atoms with Gasteiger partial charge in [0.15, 0.2) is 0 Å². The van der Waals surface area contributed by atoms with Crippen LogP contribution >= 0.6 is 11.6 Å². The van der Waals surface area contributed by atoms with Crippen LogP contribution in [-0.4, -0.2) is 34.0 Å². The molecule has 0 fully saturated rings. The highest BCUT2D eigenvalue weighted by atomic mass is 35.5. The maximum atomic E-state index is 13.7. The van der Waals surface area contributed by atoms with Gasteiger partial charge in [0.25, 0.3) is 11.5 Å². The molecule has 1 atom stereocenters. The number of ether oxygens (including phenoxy) is 1. The van der Waals surface area contributed by atoms with Gasteiger partial charge >= 0.3 is 0 Å². The van der Waals surface area contributed by atoms with Crippen LogP contribution < -0.4 is 10.3 Å². The molecule has 0 spiro atoms. The summed E-state index contributed by atoms with van der Waals surface area (Å²) in [4.78, 5) is 34.0. The summed E-state index contributed by atoms with van der Waals surface area (Å²) in [7, 11) is 1.57. The first-order valence-corrected chi connectivity index (χ1v) is 12.0. The minimum Gasteiger partial charge on any atom is -0.497 e. The molecule has 1 heterocycles. The van der Waals surface area contributed by atoms with Crippen molar-refractivity contribution in [2.24, 2.45) is 0 Å². The quantitative estimate of drug-likeness (QED) is 0.321. The van der Waals surface area contributed by atoms with Crippen molar-refractivity contribution in [3.63, 3.8) is 0 Å². The first-order chi connectivity index (χ1) is 16.8. The molecule has 0 radical (unpaired) electrons. The van der Waals surface area contributed by atoms with Gasteiger partial charge in [-0.1, -0.05) is 42.3 Å². The number of methoxy groups -OCH3 is 1. The number of benzene rings is 3. The first-order valence-electron chi connectivity index (χ1n) is 11.6. The van der Waals surface area contributed by atoms with Gasteiger partial charge in [-0.05, 0) is 68.8 Å². The van der Waals surface area contributed by atoms with Crippen LogP contribution in [0.3, 0.4) is 0 Å². The minimum atomic E-state index is -0.494. The number of carbonyl (C=O) groups excluding carboxylic acids is 1.